The van der Waals surface area contributed by atoms with E-state index in [1.807, 2.05) is 0 Å². The van der Waals surface area contributed by atoms with E-state index < -0.39 is 0 Å². The van der Waals surface area contributed by atoms with Crippen LogP contribution in [0.4, 0.5) is 0 Å². The van der Waals surface area contributed by atoms with E-state index in [0.29, 0.717) is 25.3 Å². The topological polar surface area (TPSA) is 47.4 Å². The zero-order chi connectivity index (χ0) is 14.3. The number of halogens is 1. The third-order valence-electron chi connectivity index (χ3n) is 3.12. The Labute approximate surface area is 123 Å². The van der Waals surface area contributed by atoms with Crippen LogP contribution < -0.4 is 0 Å². The van der Waals surface area contributed by atoms with Crippen molar-refractivity contribution in [1.82, 2.24) is 14.7 Å². The van der Waals surface area contributed by atoms with Crippen LogP contribution in [0.15, 0.2) is 10.7 Å². The van der Waals surface area contributed by atoms with Gasteiger partial charge in [0.15, 0.2) is 5.78 Å². The van der Waals surface area contributed by atoms with Crippen LogP contribution in [0.2, 0.25) is 0 Å². The molecule has 0 aliphatic carbocycles. The first-order valence-corrected chi connectivity index (χ1v) is 7.39. The molecule has 0 bridgehead atoms. The first-order chi connectivity index (χ1) is 9.13. The highest BCUT2D eigenvalue weighted by atomic mass is 79.9. The average Bonchev–Trinajstić information content (AvgIpc) is 2.78. The summed E-state index contributed by atoms with van der Waals surface area (Å²) in [4.78, 5) is 14.5. The van der Waals surface area contributed by atoms with Crippen LogP contribution in [0.1, 0.15) is 30.8 Å². The smallest absolute Gasteiger partial charge is 0.183 e. The molecule has 0 saturated heterocycles. The molecule has 5 nitrogen and oxygen atoms in total. The van der Waals surface area contributed by atoms with Crippen molar-refractivity contribution in [2.45, 2.75) is 26.8 Å². The van der Waals surface area contributed by atoms with Gasteiger partial charge in [-0.15, -0.1) is 0 Å². The van der Waals surface area contributed by atoms with Crippen LogP contribution >= 0.6 is 15.9 Å². The Balaban J connectivity index is 2.67. The van der Waals surface area contributed by atoms with Gasteiger partial charge in [-0.3, -0.25) is 9.48 Å². The van der Waals surface area contributed by atoms with Crippen LogP contribution in [-0.2, 0) is 11.3 Å². The summed E-state index contributed by atoms with van der Waals surface area (Å²) >= 11 is 3.39. The Morgan fingerprint density at radius 2 is 2.16 bits per heavy atom. The average molecular weight is 332 g/mol. The monoisotopic (exact) mass is 331 g/mol. The molecule has 0 aliphatic heterocycles. The molecule has 6 heteroatoms. The highest BCUT2D eigenvalue weighted by molar-refractivity contribution is 9.10. The molecular formula is C13H22BrN3O2. The molecule has 0 saturated carbocycles. The van der Waals surface area contributed by atoms with Gasteiger partial charge in [0.05, 0.1) is 23.8 Å². The predicted molar refractivity (Wildman–Crippen MR) is 78.5 cm³/mol. The summed E-state index contributed by atoms with van der Waals surface area (Å²) in [5, 5.41) is 4.20. The second-order valence-electron chi connectivity index (χ2n) is 4.26. The second-order valence-corrected chi connectivity index (χ2v) is 5.11. The molecule has 0 N–H and O–H groups in total. The number of ketones is 1. The van der Waals surface area contributed by atoms with Gasteiger partial charge in [-0.05, 0) is 29.0 Å². The summed E-state index contributed by atoms with van der Waals surface area (Å²) in [5.41, 5.74) is 0.643. The van der Waals surface area contributed by atoms with Gasteiger partial charge in [0.2, 0.25) is 0 Å². The minimum Gasteiger partial charge on any atom is -0.383 e. The van der Waals surface area contributed by atoms with Crippen LogP contribution in [0.5, 0.6) is 0 Å². The Morgan fingerprint density at radius 3 is 2.74 bits per heavy atom. The van der Waals surface area contributed by atoms with Gasteiger partial charge in [-0.1, -0.05) is 13.8 Å². The number of aromatic nitrogens is 2. The first-order valence-electron chi connectivity index (χ1n) is 6.59. The van der Waals surface area contributed by atoms with Gasteiger partial charge in [0.1, 0.15) is 5.69 Å². The number of carbonyl (C=O) groups is 1. The highest BCUT2D eigenvalue weighted by Crippen LogP contribution is 2.18. The van der Waals surface area contributed by atoms with Crippen LogP contribution in [0.25, 0.3) is 0 Å². The van der Waals surface area contributed by atoms with E-state index in [9.17, 15) is 4.79 Å². The maximum Gasteiger partial charge on any atom is 0.183 e. The molecule has 0 spiro atoms. The fraction of sp³-hybridized carbons (Fsp3) is 0.692. The van der Waals surface area contributed by atoms with Crippen molar-refractivity contribution in [3.8, 4) is 0 Å². The molecule has 1 aromatic rings. The summed E-state index contributed by atoms with van der Waals surface area (Å²) in [6.45, 7) is 8.06. The number of methoxy groups -OCH3 is 1. The van der Waals surface area contributed by atoms with E-state index in [1.54, 1.807) is 18.0 Å². The molecule has 1 heterocycles. The number of Topliss-reactive ketones (excluding diaryl/α,β-unsaturated/α-hetero) is 1. The van der Waals surface area contributed by atoms with Crippen LogP contribution in [0, 0.1) is 0 Å². The van der Waals surface area contributed by atoms with Gasteiger partial charge < -0.3 is 9.64 Å². The van der Waals surface area contributed by atoms with Crippen LogP contribution in [-0.4, -0.2) is 53.8 Å². The Bertz CT molecular complexity index is 403. The Hall–Kier alpha value is -0.720. The van der Waals surface area contributed by atoms with Crippen molar-refractivity contribution in [3.05, 3.63) is 16.4 Å². The van der Waals surface area contributed by atoms with E-state index in [0.717, 1.165) is 24.1 Å². The van der Waals surface area contributed by atoms with Gasteiger partial charge in [0.25, 0.3) is 0 Å². The van der Waals surface area contributed by atoms with Gasteiger partial charge in [0, 0.05) is 20.1 Å². The summed E-state index contributed by atoms with van der Waals surface area (Å²) in [5.74, 6) is 0.118. The molecular weight excluding hydrogens is 310 g/mol. The quantitative estimate of drug-likeness (QED) is 0.651. The van der Waals surface area contributed by atoms with Crippen molar-refractivity contribution in [1.29, 1.82) is 0 Å². The number of hydrogen-bond donors (Lipinski definition) is 0. The zero-order valence-electron chi connectivity index (χ0n) is 11.9. The molecule has 0 aliphatic rings. The fourth-order valence-electron chi connectivity index (χ4n) is 1.90. The fourth-order valence-corrected chi connectivity index (χ4v) is 2.42. The largest absolute Gasteiger partial charge is 0.383 e. The molecule has 108 valence electrons. The molecule has 0 radical (unpaired) electrons. The summed E-state index contributed by atoms with van der Waals surface area (Å²) in [7, 11) is 1.64. The minimum atomic E-state index is 0.118. The van der Waals surface area contributed by atoms with E-state index in [2.05, 4.69) is 39.8 Å². The van der Waals surface area contributed by atoms with Gasteiger partial charge in [-0.25, -0.2) is 0 Å². The van der Waals surface area contributed by atoms with Crippen molar-refractivity contribution < 1.29 is 9.53 Å². The maximum atomic E-state index is 12.3. The number of hydrogen-bond acceptors (Lipinski definition) is 4. The highest BCUT2D eigenvalue weighted by Gasteiger charge is 2.17. The number of rotatable bonds is 9. The van der Waals surface area contributed by atoms with E-state index in [-0.39, 0.29) is 5.78 Å². The first kappa shape index (κ1) is 16.3. The molecule has 0 atom stereocenters. The molecule has 1 aromatic heterocycles. The van der Waals surface area contributed by atoms with Gasteiger partial charge >= 0.3 is 0 Å². The third kappa shape index (κ3) is 4.71. The molecule has 19 heavy (non-hydrogen) atoms. The second kappa shape index (κ2) is 8.45. The lowest BCUT2D eigenvalue weighted by Gasteiger charge is -2.17. The molecule has 1 rings (SSSR count). The number of nitrogens with zero attached hydrogens (tertiary/aromatic N) is 3. The predicted octanol–water partition coefficient (Wildman–Crippen LogP) is 2.21. The molecule has 0 fully saturated rings. The molecule has 0 amide bonds. The summed E-state index contributed by atoms with van der Waals surface area (Å²) in [6, 6.07) is 0. The van der Waals surface area contributed by atoms with Gasteiger partial charge in [-0.2, -0.15) is 5.10 Å². The number of ether oxygens (including phenoxy) is 1. The van der Waals surface area contributed by atoms with Crippen LogP contribution in [0.3, 0.4) is 0 Å². The minimum absolute atomic E-state index is 0.118. The zero-order valence-corrected chi connectivity index (χ0v) is 13.4. The van der Waals surface area contributed by atoms with Crippen molar-refractivity contribution in [2.24, 2.45) is 0 Å². The molecule has 0 aromatic carbocycles. The SMILES string of the molecule is CCN(CC)CCC(=O)c1c(Br)cnn1CCOC. The standard InChI is InChI=1S/C13H22BrN3O2/c1-4-16(5-2)7-6-12(18)13-11(14)10-15-17(13)8-9-19-3/h10H,4-9H2,1-3H3. The van der Waals surface area contributed by atoms with E-state index in [1.165, 1.54) is 0 Å². The van der Waals surface area contributed by atoms with Crippen molar-refractivity contribution >= 4 is 21.7 Å². The lowest BCUT2D eigenvalue weighted by atomic mass is 10.2. The maximum absolute atomic E-state index is 12.3. The number of carbonyl (C=O) groups excluding carboxylic acids is 1. The summed E-state index contributed by atoms with van der Waals surface area (Å²) in [6.07, 6.45) is 2.18. The Kier molecular flexibility index (Phi) is 7.27. The van der Waals surface area contributed by atoms with Crippen molar-refractivity contribution in [2.75, 3.05) is 33.4 Å². The normalized spacial score (nSPS) is 11.2. The lowest BCUT2D eigenvalue weighted by Crippen LogP contribution is -2.26. The van der Waals surface area contributed by atoms with Crippen molar-refractivity contribution in [3.63, 3.8) is 0 Å². The Morgan fingerprint density at radius 1 is 1.47 bits per heavy atom. The lowest BCUT2D eigenvalue weighted by molar-refractivity contribution is 0.0951. The summed E-state index contributed by atoms with van der Waals surface area (Å²) < 4.78 is 7.49. The van der Waals surface area contributed by atoms with E-state index in [4.69, 9.17) is 4.74 Å². The van der Waals surface area contributed by atoms with E-state index >= 15 is 0 Å². The third-order valence-corrected chi connectivity index (χ3v) is 3.70. The molecule has 0 unspecified atom stereocenters.